The molecule has 0 N–H and O–H groups in total. The second-order valence-corrected chi connectivity index (χ2v) is 6.25. The van der Waals surface area contributed by atoms with Crippen LogP contribution in [0.25, 0.3) is 0 Å². The van der Waals surface area contributed by atoms with Gasteiger partial charge < -0.3 is 4.74 Å². The van der Waals surface area contributed by atoms with E-state index in [1.54, 1.807) is 11.0 Å². The molecule has 2 aliphatic rings. The molecule has 1 fully saturated rings. The van der Waals surface area contributed by atoms with Crippen LogP contribution in [0.2, 0.25) is 0 Å². The van der Waals surface area contributed by atoms with Crippen LogP contribution in [0, 0.1) is 5.41 Å². The number of Topliss-reactive ketones (excluding diaryl/α,β-unsaturated/α-hetero) is 1. The van der Waals surface area contributed by atoms with Crippen molar-refractivity contribution in [1.29, 1.82) is 0 Å². The third-order valence-corrected chi connectivity index (χ3v) is 4.66. The first kappa shape index (κ1) is 14.0. The Morgan fingerprint density at radius 3 is 2.48 bits per heavy atom. The van der Waals surface area contributed by atoms with Crippen LogP contribution in [0.5, 0.6) is 0 Å². The zero-order valence-electron chi connectivity index (χ0n) is 12.7. The zero-order valence-corrected chi connectivity index (χ0v) is 12.7. The number of benzene rings is 2. The van der Waals surface area contributed by atoms with Crippen LogP contribution >= 0.6 is 0 Å². The standard InChI is InChI=1S/C19H17NO3/c21-17-15-8-4-5-9-16(15)20(13-19(17)10-11-19)18(22)23-12-14-6-2-1-3-7-14/h1-9H,10-13H2. The van der Waals surface area contributed by atoms with Gasteiger partial charge in [0.2, 0.25) is 0 Å². The largest absolute Gasteiger partial charge is 0.444 e. The van der Waals surface area contributed by atoms with Crippen molar-refractivity contribution < 1.29 is 14.3 Å². The summed E-state index contributed by atoms with van der Waals surface area (Å²) in [4.78, 5) is 26.7. The molecule has 0 saturated heterocycles. The molecule has 0 aromatic heterocycles. The van der Waals surface area contributed by atoms with E-state index < -0.39 is 0 Å². The van der Waals surface area contributed by atoms with Gasteiger partial charge >= 0.3 is 6.09 Å². The maximum atomic E-state index is 12.6. The van der Waals surface area contributed by atoms with E-state index >= 15 is 0 Å². The lowest BCUT2D eigenvalue weighted by atomic mass is 9.88. The first-order chi connectivity index (χ1) is 11.2. The molecule has 1 amide bonds. The Hall–Kier alpha value is -2.62. The Morgan fingerprint density at radius 2 is 1.74 bits per heavy atom. The lowest BCUT2D eigenvalue weighted by Gasteiger charge is -2.33. The molecule has 0 unspecified atom stereocenters. The average Bonchev–Trinajstić information content (AvgIpc) is 3.38. The van der Waals surface area contributed by atoms with Crippen molar-refractivity contribution in [3.05, 3.63) is 65.7 Å². The smallest absolute Gasteiger partial charge is 0.414 e. The number of ketones is 1. The van der Waals surface area contributed by atoms with Gasteiger partial charge in [-0.05, 0) is 30.5 Å². The van der Waals surface area contributed by atoms with E-state index in [1.807, 2.05) is 48.5 Å². The van der Waals surface area contributed by atoms with E-state index in [0.717, 1.165) is 18.4 Å². The highest BCUT2D eigenvalue weighted by molar-refractivity contribution is 6.12. The first-order valence-corrected chi connectivity index (χ1v) is 7.82. The molecule has 4 heteroatoms. The second kappa shape index (κ2) is 5.23. The van der Waals surface area contributed by atoms with Gasteiger partial charge in [-0.15, -0.1) is 0 Å². The molecule has 2 aromatic carbocycles. The predicted molar refractivity (Wildman–Crippen MR) is 86.4 cm³/mol. The molecule has 0 atom stereocenters. The molecule has 0 radical (unpaired) electrons. The molecular weight excluding hydrogens is 290 g/mol. The van der Waals surface area contributed by atoms with Crippen molar-refractivity contribution in [2.24, 2.45) is 5.41 Å². The van der Waals surface area contributed by atoms with Gasteiger partial charge in [0.05, 0.1) is 11.1 Å². The lowest BCUT2D eigenvalue weighted by Crippen LogP contribution is -2.44. The fraction of sp³-hybridized carbons (Fsp3) is 0.263. The number of amides is 1. The van der Waals surface area contributed by atoms with Crippen LogP contribution < -0.4 is 4.90 Å². The molecule has 1 heterocycles. The van der Waals surface area contributed by atoms with Crippen LogP contribution in [-0.4, -0.2) is 18.4 Å². The number of anilines is 1. The molecule has 0 bridgehead atoms. The highest BCUT2D eigenvalue weighted by Gasteiger charge is 2.55. The molecule has 1 aliphatic heterocycles. The fourth-order valence-electron chi connectivity index (χ4n) is 3.14. The van der Waals surface area contributed by atoms with E-state index in [2.05, 4.69) is 0 Å². The van der Waals surface area contributed by atoms with Crippen LogP contribution in [0.4, 0.5) is 10.5 Å². The number of para-hydroxylation sites is 1. The van der Waals surface area contributed by atoms with Crippen molar-refractivity contribution in [3.63, 3.8) is 0 Å². The normalized spacial score (nSPS) is 17.7. The molecule has 4 nitrogen and oxygen atoms in total. The summed E-state index contributed by atoms with van der Waals surface area (Å²) >= 11 is 0. The number of carbonyl (C=O) groups excluding carboxylic acids is 2. The number of nitrogens with zero attached hydrogens (tertiary/aromatic N) is 1. The van der Waals surface area contributed by atoms with Gasteiger partial charge in [-0.25, -0.2) is 4.79 Å². The summed E-state index contributed by atoms with van der Waals surface area (Å²) in [6.45, 7) is 0.662. The molecule has 116 valence electrons. The van der Waals surface area contributed by atoms with E-state index in [1.165, 1.54) is 0 Å². The summed E-state index contributed by atoms with van der Waals surface area (Å²) in [5, 5.41) is 0. The zero-order chi connectivity index (χ0) is 15.9. The molecule has 2 aromatic rings. The van der Waals surface area contributed by atoms with Crippen molar-refractivity contribution in [1.82, 2.24) is 0 Å². The monoisotopic (exact) mass is 307 g/mol. The average molecular weight is 307 g/mol. The van der Waals surface area contributed by atoms with Gasteiger partial charge in [0.25, 0.3) is 0 Å². The van der Waals surface area contributed by atoms with Crippen LogP contribution in [0.15, 0.2) is 54.6 Å². The van der Waals surface area contributed by atoms with E-state index in [9.17, 15) is 9.59 Å². The predicted octanol–water partition coefficient (Wildman–Crippen LogP) is 3.81. The number of carbonyl (C=O) groups is 2. The maximum absolute atomic E-state index is 12.6. The molecule has 1 spiro atoms. The van der Waals surface area contributed by atoms with E-state index in [-0.39, 0.29) is 23.9 Å². The van der Waals surface area contributed by atoms with Gasteiger partial charge in [0.15, 0.2) is 5.78 Å². The number of hydrogen-bond donors (Lipinski definition) is 0. The Labute approximate surface area is 134 Å². The van der Waals surface area contributed by atoms with Crippen molar-refractivity contribution in [2.75, 3.05) is 11.4 Å². The minimum Gasteiger partial charge on any atom is -0.444 e. The Kier molecular flexibility index (Phi) is 3.18. The van der Waals surface area contributed by atoms with Crippen LogP contribution in [-0.2, 0) is 11.3 Å². The lowest BCUT2D eigenvalue weighted by molar-refractivity contribution is 0.0891. The third kappa shape index (κ3) is 2.40. The topological polar surface area (TPSA) is 46.6 Å². The number of hydrogen-bond acceptors (Lipinski definition) is 3. The van der Waals surface area contributed by atoms with Crippen molar-refractivity contribution in [3.8, 4) is 0 Å². The van der Waals surface area contributed by atoms with Gasteiger partial charge in [0.1, 0.15) is 6.61 Å². The summed E-state index contributed by atoms with van der Waals surface area (Å²) in [7, 11) is 0. The highest BCUT2D eigenvalue weighted by atomic mass is 16.6. The Morgan fingerprint density at radius 1 is 1.04 bits per heavy atom. The van der Waals surface area contributed by atoms with Crippen molar-refractivity contribution >= 4 is 17.6 Å². The van der Waals surface area contributed by atoms with Gasteiger partial charge in [-0.3, -0.25) is 9.69 Å². The summed E-state index contributed by atoms with van der Waals surface area (Å²) in [5.74, 6) is 0.167. The number of ether oxygens (including phenoxy) is 1. The SMILES string of the molecule is O=C(OCc1ccccc1)N1CC2(CC2)C(=O)c2ccccc21. The summed E-state index contributed by atoms with van der Waals surface area (Å²) < 4.78 is 5.46. The second-order valence-electron chi connectivity index (χ2n) is 6.25. The summed E-state index contributed by atoms with van der Waals surface area (Å²) in [6, 6.07) is 16.9. The van der Waals surface area contributed by atoms with E-state index in [0.29, 0.717) is 17.8 Å². The van der Waals surface area contributed by atoms with Crippen LogP contribution in [0.1, 0.15) is 28.8 Å². The molecule has 4 rings (SSSR count). The Bertz CT molecular complexity index is 765. The van der Waals surface area contributed by atoms with Crippen LogP contribution in [0.3, 0.4) is 0 Å². The number of fused-ring (bicyclic) bond motifs is 1. The molecular formula is C19H17NO3. The van der Waals surface area contributed by atoms with Crippen molar-refractivity contribution in [2.45, 2.75) is 19.4 Å². The summed E-state index contributed by atoms with van der Waals surface area (Å²) in [5.41, 5.74) is 1.87. The third-order valence-electron chi connectivity index (χ3n) is 4.66. The fourth-order valence-corrected chi connectivity index (χ4v) is 3.14. The minimum absolute atomic E-state index is 0.167. The Balaban J connectivity index is 1.57. The molecule has 1 aliphatic carbocycles. The molecule has 23 heavy (non-hydrogen) atoms. The first-order valence-electron chi connectivity index (χ1n) is 7.82. The van der Waals surface area contributed by atoms with E-state index in [4.69, 9.17) is 4.74 Å². The molecule has 1 saturated carbocycles. The summed E-state index contributed by atoms with van der Waals surface area (Å²) in [6.07, 6.45) is 1.31. The van der Waals surface area contributed by atoms with Gasteiger partial charge in [-0.1, -0.05) is 42.5 Å². The highest BCUT2D eigenvalue weighted by Crippen LogP contribution is 2.53. The number of rotatable bonds is 2. The maximum Gasteiger partial charge on any atom is 0.414 e. The minimum atomic E-state index is -0.389. The van der Waals surface area contributed by atoms with Gasteiger partial charge in [0, 0.05) is 12.1 Å². The van der Waals surface area contributed by atoms with Gasteiger partial charge in [-0.2, -0.15) is 0 Å². The quantitative estimate of drug-likeness (QED) is 0.847.